The number of nitrogens with zero attached hydrogens (tertiary/aromatic N) is 1. The van der Waals surface area contributed by atoms with E-state index in [1.807, 2.05) is 25.2 Å². The molecule has 4 nitrogen and oxygen atoms in total. The summed E-state index contributed by atoms with van der Waals surface area (Å²) < 4.78 is 0. The van der Waals surface area contributed by atoms with Crippen LogP contribution in [0.1, 0.15) is 25.5 Å². The molecule has 1 aromatic rings. The Morgan fingerprint density at radius 2 is 2.18 bits per heavy atom. The Bertz CT molecular complexity index is 443. The van der Waals surface area contributed by atoms with E-state index in [1.54, 1.807) is 0 Å². The lowest BCUT2D eigenvalue weighted by Crippen LogP contribution is -2.22. The number of rotatable bonds is 3. The fourth-order valence-electron chi connectivity index (χ4n) is 2.12. The highest BCUT2D eigenvalue weighted by molar-refractivity contribution is 6.02. The van der Waals surface area contributed by atoms with E-state index in [0.29, 0.717) is 11.5 Å². The largest absolute Gasteiger partial charge is 0.378 e. The number of fused-ring (bicyclic) bond motifs is 1. The van der Waals surface area contributed by atoms with Crippen molar-refractivity contribution in [2.24, 2.45) is 5.92 Å². The van der Waals surface area contributed by atoms with Gasteiger partial charge in [-0.05, 0) is 18.1 Å². The lowest BCUT2D eigenvalue weighted by atomic mass is 10.1. The highest BCUT2D eigenvalue weighted by Gasteiger charge is 2.28. The first kappa shape index (κ1) is 11.9. The molecule has 0 radical (unpaired) electrons. The van der Waals surface area contributed by atoms with Crippen LogP contribution in [0.4, 0.5) is 11.4 Å². The minimum absolute atomic E-state index is 0.344. The molecule has 1 aromatic carbocycles. The maximum Gasteiger partial charge on any atom is 0.257 e. The molecule has 0 spiro atoms. The van der Waals surface area contributed by atoms with Crippen molar-refractivity contribution < 1.29 is 9.90 Å². The number of benzene rings is 1. The van der Waals surface area contributed by atoms with Crippen LogP contribution in [0.5, 0.6) is 0 Å². The molecule has 0 aromatic heterocycles. The van der Waals surface area contributed by atoms with Crippen molar-refractivity contribution in [2.75, 3.05) is 23.8 Å². The molecule has 2 N–H and O–H groups in total. The van der Waals surface area contributed by atoms with Gasteiger partial charge in [0.15, 0.2) is 6.10 Å². The van der Waals surface area contributed by atoms with E-state index in [0.717, 1.165) is 17.9 Å². The summed E-state index contributed by atoms with van der Waals surface area (Å²) in [6.07, 6.45) is -1.02. The van der Waals surface area contributed by atoms with Gasteiger partial charge in [0.2, 0.25) is 0 Å². The van der Waals surface area contributed by atoms with Crippen LogP contribution in [0.2, 0.25) is 0 Å². The Hall–Kier alpha value is -1.55. The fourth-order valence-corrected chi connectivity index (χ4v) is 2.12. The van der Waals surface area contributed by atoms with E-state index in [2.05, 4.69) is 24.1 Å². The van der Waals surface area contributed by atoms with Gasteiger partial charge in [-0.2, -0.15) is 0 Å². The summed E-state index contributed by atoms with van der Waals surface area (Å²) in [6, 6.07) is 5.65. The monoisotopic (exact) mass is 234 g/mol. The van der Waals surface area contributed by atoms with Crippen molar-refractivity contribution in [1.82, 2.24) is 0 Å². The molecule has 2 rings (SSSR count). The van der Waals surface area contributed by atoms with Crippen LogP contribution in [0.25, 0.3) is 0 Å². The first-order chi connectivity index (χ1) is 7.99. The first-order valence-electron chi connectivity index (χ1n) is 5.83. The maximum absolute atomic E-state index is 11.3. The summed E-state index contributed by atoms with van der Waals surface area (Å²) in [7, 11) is 2.02. The van der Waals surface area contributed by atoms with Crippen molar-refractivity contribution in [2.45, 2.75) is 20.0 Å². The Balaban J connectivity index is 2.24. The Kier molecular flexibility index (Phi) is 3.07. The third-order valence-electron chi connectivity index (χ3n) is 2.92. The molecule has 0 saturated heterocycles. The Morgan fingerprint density at radius 1 is 1.47 bits per heavy atom. The highest BCUT2D eigenvalue weighted by atomic mass is 16.3. The van der Waals surface area contributed by atoms with Gasteiger partial charge in [0.05, 0.1) is 0 Å². The zero-order valence-electron chi connectivity index (χ0n) is 10.4. The van der Waals surface area contributed by atoms with Gasteiger partial charge >= 0.3 is 0 Å². The lowest BCUT2D eigenvalue weighted by Gasteiger charge is -2.22. The molecular weight excluding hydrogens is 216 g/mol. The number of amides is 1. The minimum Gasteiger partial charge on any atom is -0.378 e. The predicted octanol–water partition coefficient (Wildman–Crippen LogP) is 1.76. The van der Waals surface area contributed by atoms with Crippen LogP contribution in [-0.2, 0) is 4.79 Å². The summed E-state index contributed by atoms with van der Waals surface area (Å²) >= 11 is 0. The molecule has 0 bridgehead atoms. The maximum atomic E-state index is 11.3. The Morgan fingerprint density at radius 3 is 2.82 bits per heavy atom. The van der Waals surface area contributed by atoms with Gasteiger partial charge in [0.1, 0.15) is 0 Å². The van der Waals surface area contributed by atoms with Crippen LogP contribution in [0, 0.1) is 5.92 Å². The van der Waals surface area contributed by atoms with Crippen molar-refractivity contribution >= 4 is 17.3 Å². The molecule has 4 heteroatoms. The second-order valence-electron chi connectivity index (χ2n) is 4.94. The third kappa shape index (κ3) is 2.26. The SMILES string of the molecule is CC(C)CN(C)c1ccc2c(c1)NC(=O)C2O. The number of aliphatic hydroxyl groups is 1. The average Bonchev–Trinajstić information content (AvgIpc) is 2.53. The van der Waals surface area contributed by atoms with E-state index in [-0.39, 0.29) is 5.91 Å². The highest BCUT2D eigenvalue weighted by Crippen LogP contribution is 2.33. The number of hydrogen-bond donors (Lipinski definition) is 2. The van der Waals surface area contributed by atoms with Gasteiger partial charge in [-0.25, -0.2) is 0 Å². The van der Waals surface area contributed by atoms with E-state index >= 15 is 0 Å². The number of hydrogen-bond acceptors (Lipinski definition) is 3. The van der Waals surface area contributed by atoms with Crippen LogP contribution in [-0.4, -0.2) is 24.6 Å². The topological polar surface area (TPSA) is 52.6 Å². The molecule has 0 aliphatic carbocycles. The number of anilines is 2. The van der Waals surface area contributed by atoms with E-state index in [1.165, 1.54) is 0 Å². The van der Waals surface area contributed by atoms with Crippen molar-refractivity contribution in [3.05, 3.63) is 23.8 Å². The quantitative estimate of drug-likeness (QED) is 0.838. The molecule has 1 aliphatic rings. The molecular formula is C13H18N2O2. The summed E-state index contributed by atoms with van der Waals surface area (Å²) in [6.45, 7) is 5.28. The second-order valence-corrected chi connectivity index (χ2v) is 4.94. The van der Waals surface area contributed by atoms with Gasteiger partial charge in [0.25, 0.3) is 5.91 Å². The molecule has 1 aliphatic heterocycles. The summed E-state index contributed by atoms with van der Waals surface area (Å²) in [5, 5.41) is 12.3. The number of nitrogens with one attached hydrogen (secondary N) is 1. The summed E-state index contributed by atoms with van der Waals surface area (Å²) in [5.41, 5.74) is 2.43. The lowest BCUT2D eigenvalue weighted by molar-refractivity contribution is -0.123. The molecule has 0 saturated carbocycles. The van der Waals surface area contributed by atoms with Crippen molar-refractivity contribution in [3.8, 4) is 0 Å². The molecule has 92 valence electrons. The van der Waals surface area contributed by atoms with Gasteiger partial charge in [-0.15, -0.1) is 0 Å². The number of aliphatic hydroxyl groups excluding tert-OH is 1. The van der Waals surface area contributed by atoms with Crippen LogP contribution in [0.3, 0.4) is 0 Å². The smallest absolute Gasteiger partial charge is 0.257 e. The van der Waals surface area contributed by atoms with E-state index in [4.69, 9.17) is 0 Å². The molecule has 1 unspecified atom stereocenters. The Labute approximate surface area is 101 Å². The van der Waals surface area contributed by atoms with E-state index in [9.17, 15) is 9.90 Å². The van der Waals surface area contributed by atoms with Gasteiger partial charge in [0, 0.05) is 30.5 Å². The summed E-state index contributed by atoms with van der Waals surface area (Å²) in [5.74, 6) is 0.233. The predicted molar refractivity (Wildman–Crippen MR) is 68.1 cm³/mol. The minimum atomic E-state index is -1.02. The zero-order valence-corrected chi connectivity index (χ0v) is 10.4. The molecule has 17 heavy (non-hydrogen) atoms. The van der Waals surface area contributed by atoms with Gasteiger partial charge in [-0.3, -0.25) is 4.79 Å². The van der Waals surface area contributed by atoms with Crippen LogP contribution >= 0.6 is 0 Å². The first-order valence-corrected chi connectivity index (χ1v) is 5.83. The van der Waals surface area contributed by atoms with Gasteiger partial charge in [-0.1, -0.05) is 19.9 Å². The second kappa shape index (κ2) is 4.37. The van der Waals surface area contributed by atoms with Crippen molar-refractivity contribution in [1.29, 1.82) is 0 Å². The third-order valence-corrected chi connectivity index (χ3v) is 2.92. The van der Waals surface area contributed by atoms with Crippen LogP contribution in [0.15, 0.2) is 18.2 Å². The molecule has 0 fully saturated rings. The van der Waals surface area contributed by atoms with E-state index < -0.39 is 6.10 Å². The summed E-state index contributed by atoms with van der Waals surface area (Å²) in [4.78, 5) is 13.5. The normalized spacial score (nSPS) is 18.2. The molecule has 1 atom stereocenters. The number of carbonyl (C=O) groups excluding carboxylic acids is 1. The number of carbonyl (C=O) groups is 1. The standard InChI is InChI=1S/C13H18N2O2/c1-8(2)7-15(3)9-4-5-10-11(6-9)14-13(17)12(10)16/h4-6,8,12,16H,7H2,1-3H3,(H,14,17). The fraction of sp³-hybridized carbons (Fsp3) is 0.462. The average molecular weight is 234 g/mol. The molecule has 1 heterocycles. The zero-order chi connectivity index (χ0) is 12.6. The van der Waals surface area contributed by atoms with Crippen LogP contribution < -0.4 is 10.2 Å². The van der Waals surface area contributed by atoms with Crippen molar-refractivity contribution in [3.63, 3.8) is 0 Å². The van der Waals surface area contributed by atoms with Gasteiger partial charge < -0.3 is 15.3 Å². The molecule has 1 amide bonds.